The fourth-order valence-electron chi connectivity index (χ4n) is 0.971. The SMILES string of the molecule is CC/C=C/C(=O)Oc1ccc(C)cc1. The van der Waals surface area contributed by atoms with E-state index in [0.29, 0.717) is 5.75 Å². The lowest BCUT2D eigenvalue weighted by Crippen LogP contribution is -2.03. The van der Waals surface area contributed by atoms with E-state index < -0.39 is 0 Å². The first-order valence-corrected chi connectivity index (χ1v) is 4.67. The fraction of sp³-hybridized carbons (Fsp3) is 0.250. The summed E-state index contributed by atoms with van der Waals surface area (Å²) in [5.74, 6) is 0.261. The van der Waals surface area contributed by atoms with E-state index in [2.05, 4.69) is 0 Å². The molecular weight excluding hydrogens is 176 g/mol. The lowest BCUT2D eigenvalue weighted by molar-refractivity contribution is -0.129. The Morgan fingerprint density at radius 3 is 2.57 bits per heavy atom. The zero-order chi connectivity index (χ0) is 10.4. The number of hydrogen-bond acceptors (Lipinski definition) is 2. The number of aryl methyl sites for hydroxylation is 1. The minimum Gasteiger partial charge on any atom is -0.423 e. The first-order chi connectivity index (χ1) is 6.72. The molecule has 1 aromatic carbocycles. The van der Waals surface area contributed by atoms with Crippen LogP contribution in [-0.2, 0) is 4.79 Å². The van der Waals surface area contributed by atoms with Gasteiger partial charge in [-0.15, -0.1) is 0 Å². The summed E-state index contributed by atoms with van der Waals surface area (Å²) in [7, 11) is 0. The average molecular weight is 190 g/mol. The Balaban J connectivity index is 2.56. The summed E-state index contributed by atoms with van der Waals surface area (Å²) in [5.41, 5.74) is 1.15. The summed E-state index contributed by atoms with van der Waals surface area (Å²) in [6, 6.07) is 7.39. The minimum atomic E-state index is -0.323. The first kappa shape index (κ1) is 10.5. The molecule has 2 heteroatoms. The summed E-state index contributed by atoms with van der Waals surface area (Å²) in [4.78, 5) is 11.1. The van der Waals surface area contributed by atoms with Crippen molar-refractivity contribution in [2.24, 2.45) is 0 Å². The molecule has 0 saturated carbocycles. The molecule has 0 aliphatic rings. The molecule has 0 fully saturated rings. The molecule has 0 saturated heterocycles. The van der Waals surface area contributed by atoms with Gasteiger partial charge in [0.15, 0.2) is 0 Å². The highest BCUT2D eigenvalue weighted by molar-refractivity contribution is 5.83. The molecule has 2 nitrogen and oxygen atoms in total. The van der Waals surface area contributed by atoms with Gasteiger partial charge >= 0.3 is 5.97 Å². The second kappa shape index (κ2) is 5.22. The molecular formula is C12H14O2. The maximum atomic E-state index is 11.1. The first-order valence-electron chi connectivity index (χ1n) is 4.67. The van der Waals surface area contributed by atoms with Crippen LogP contribution in [0.3, 0.4) is 0 Å². The molecule has 1 aromatic rings. The van der Waals surface area contributed by atoms with Gasteiger partial charge in [0.25, 0.3) is 0 Å². The third-order valence-electron chi connectivity index (χ3n) is 1.73. The van der Waals surface area contributed by atoms with E-state index in [1.807, 2.05) is 26.0 Å². The maximum Gasteiger partial charge on any atom is 0.335 e. The van der Waals surface area contributed by atoms with Crippen molar-refractivity contribution in [3.05, 3.63) is 42.0 Å². The van der Waals surface area contributed by atoms with E-state index in [0.717, 1.165) is 12.0 Å². The Hall–Kier alpha value is -1.57. The van der Waals surface area contributed by atoms with Gasteiger partial charge in [-0.2, -0.15) is 0 Å². The van der Waals surface area contributed by atoms with Gasteiger partial charge in [0.05, 0.1) is 0 Å². The maximum absolute atomic E-state index is 11.1. The molecule has 0 aromatic heterocycles. The Morgan fingerprint density at radius 1 is 1.36 bits per heavy atom. The number of ether oxygens (including phenoxy) is 1. The number of carbonyl (C=O) groups excluding carboxylic acids is 1. The van der Waals surface area contributed by atoms with Gasteiger partial charge in [0, 0.05) is 6.08 Å². The summed E-state index contributed by atoms with van der Waals surface area (Å²) >= 11 is 0. The van der Waals surface area contributed by atoms with Crippen molar-refractivity contribution in [1.82, 2.24) is 0 Å². The number of esters is 1. The normalized spacial score (nSPS) is 10.4. The fourth-order valence-corrected chi connectivity index (χ4v) is 0.971. The Bertz CT molecular complexity index is 323. The van der Waals surface area contributed by atoms with Crippen LogP contribution >= 0.6 is 0 Å². The molecule has 0 heterocycles. The van der Waals surface area contributed by atoms with Gasteiger partial charge in [0.1, 0.15) is 5.75 Å². The molecule has 0 N–H and O–H groups in total. The summed E-state index contributed by atoms with van der Waals surface area (Å²) in [6.45, 7) is 3.96. The third-order valence-corrected chi connectivity index (χ3v) is 1.73. The van der Waals surface area contributed by atoms with Crippen LogP contribution in [0.15, 0.2) is 36.4 Å². The Labute approximate surface area is 84.2 Å². The molecule has 0 unspecified atom stereocenters. The van der Waals surface area contributed by atoms with Crippen molar-refractivity contribution >= 4 is 5.97 Å². The van der Waals surface area contributed by atoms with Crippen LogP contribution in [0, 0.1) is 6.92 Å². The van der Waals surface area contributed by atoms with Gasteiger partial charge < -0.3 is 4.74 Å². The zero-order valence-corrected chi connectivity index (χ0v) is 8.49. The van der Waals surface area contributed by atoms with Crippen molar-refractivity contribution < 1.29 is 9.53 Å². The average Bonchev–Trinajstić information content (AvgIpc) is 2.18. The van der Waals surface area contributed by atoms with Crippen molar-refractivity contribution in [3.8, 4) is 5.75 Å². The molecule has 0 aliphatic carbocycles. The lowest BCUT2D eigenvalue weighted by atomic mass is 10.2. The van der Waals surface area contributed by atoms with Crippen LogP contribution in [0.5, 0.6) is 5.75 Å². The monoisotopic (exact) mass is 190 g/mol. The van der Waals surface area contributed by atoms with E-state index in [9.17, 15) is 4.79 Å². The quantitative estimate of drug-likeness (QED) is 0.416. The van der Waals surface area contributed by atoms with Crippen LogP contribution in [0.1, 0.15) is 18.9 Å². The number of rotatable bonds is 3. The Morgan fingerprint density at radius 2 is 2.00 bits per heavy atom. The van der Waals surface area contributed by atoms with E-state index in [-0.39, 0.29) is 5.97 Å². The smallest absolute Gasteiger partial charge is 0.335 e. The van der Waals surface area contributed by atoms with E-state index in [1.165, 1.54) is 6.08 Å². The highest BCUT2D eigenvalue weighted by atomic mass is 16.5. The largest absolute Gasteiger partial charge is 0.423 e. The van der Waals surface area contributed by atoms with Crippen LogP contribution < -0.4 is 4.74 Å². The van der Waals surface area contributed by atoms with Crippen molar-refractivity contribution in [2.75, 3.05) is 0 Å². The topological polar surface area (TPSA) is 26.3 Å². The minimum absolute atomic E-state index is 0.323. The van der Waals surface area contributed by atoms with Crippen molar-refractivity contribution in [3.63, 3.8) is 0 Å². The highest BCUT2D eigenvalue weighted by Crippen LogP contribution is 2.11. The molecule has 1 rings (SSSR count). The zero-order valence-electron chi connectivity index (χ0n) is 8.49. The number of hydrogen-bond donors (Lipinski definition) is 0. The second-order valence-corrected chi connectivity index (χ2v) is 3.04. The predicted molar refractivity (Wildman–Crippen MR) is 56.2 cm³/mol. The van der Waals surface area contributed by atoms with E-state index in [1.54, 1.807) is 18.2 Å². The lowest BCUT2D eigenvalue weighted by Gasteiger charge is -2.00. The van der Waals surface area contributed by atoms with Crippen molar-refractivity contribution in [1.29, 1.82) is 0 Å². The number of carbonyl (C=O) groups is 1. The van der Waals surface area contributed by atoms with Crippen molar-refractivity contribution in [2.45, 2.75) is 20.3 Å². The molecule has 0 spiro atoms. The van der Waals surface area contributed by atoms with E-state index >= 15 is 0 Å². The summed E-state index contributed by atoms with van der Waals surface area (Å²) < 4.78 is 5.05. The number of allylic oxidation sites excluding steroid dienone is 1. The van der Waals surface area contributed by atoms with Gasteiger partial charge in [-0.05, 0) is 25.5 Å². The van der Waals surface area contributed by atoms with Crippen LogP contribution in [-0.4, -0.2) is 5.97 Å². The molecule has 0 atom stereocenters. The van der Waals surface area contributed by atoms with Gasteiger partial charge in [0.2, 0.25) is 0 Å². The van der Waals surface area contributed by atoms with Crippen LogP contribution in [0.2, 0.25) is 0 Å². The summed E-state index contributed by atoms with van der Waals surface area (Å²) in [5, 5.41) is 0. The molecule has 14 heavy (non-hydrogen) atoms. The van der Waals surface area contributed by atoms with Crippen LogP contribution in [0.4, 0.5) is 0 Å². The molecule has 74 valence electrons. The number of benzene rings is 1. The molecule has 0 radical (unpaired) electrons. The predicted octanol–water partition coefficient (Wildman–Crippen LogP) is 2.87. The molecule has 0 aliphatic heterocycles. The van der Waals surface area contributed by atoms with Crippen LogP contribution in [0.25, 0.3) is 0 Å². The highest BCUT2D eigenvalue weighted by Gasteiger charge is 1.98. The van der Waals surface area contributed by atoms with E-state index in [4.69, 9.17) is 4.74 Å². The summed E-state index contributed by atoms with van der Waals surface area (Å²) in [6.07, 6.45) is 4.05. The Kier molecular flexibility index (Phi) is 3.92. The third kappa shape index (κ3) is 3.44. The molecule has 0 amide bonds. The second-order valence-electron chi connectivity index (χ2n) is 3.04. The van der Waals surface area contributed by atoms with Gasteiger partial charge in [-0.25, -0.2) is 4.79 Å². The van der Waals surface area contributed by atoms with Gasteiger partial charge in [-0.1, -0.05) is 30.7 Å². The van der Waals surface area contributed by atoms with Gasteiger partial charge in [-0.3, -0.25) is 0 Å². The molecule has 0 bridgehead atoms. The standard InChI is InChI=1S/C12H14O2/c1-3-4-5-12(13)14-11-8-6-10(2)7-9-11/h4-9H,3H2,1-2H3/b5-4+.